The zero-order chi connectivity index (χ0) is 7.86. The maximum Gasteiger partial charge on any atom is 0.367 e. The minimum Gasteiger partial charge on any atom is -0.296 e. The van der Waals surface area contributed by atoms with Gasteiger partial charge in [0, 0.05) is 5.57 Å². The standard InChI is InChI=1S/C4H6O3.C2H4/c1-3(2)4(5)7-6;1-2/h6H,1H2,2H3;1-2H2. The Hall–Kier alpha value is -1.09. The molecule has 0 rings (SSSR count). The first kappa shape index (κ1) is 10.8. The number of rotatable bonds is 1. The Balaban J connectivity index is 0. The normalized spacial score (nSPS) is 6.44. The van der Waals surface area contributed by atoms with Crippen LogP contribution in [0.15, 0.2) is 25.3 Å². The van der Waals surface area contributed by atoms with Gasteiger partial charge in [0.05, 0.1) is 0 Å². The van der Waals surface area contributed by atoms with Crippen molar-refractivity contribution < 1.29 is 14.9 Å². The smallest absolute Gasteiger partial charge is 0.296 e. The number of hydrogen-bond acceptors (Lipinski definition) is 3. The van der Waals surface area contributed by atoms with E-state index in [1.807, 2.05) is 0 Å². The van der Waals surface area contributed by atoms with Gasteiger partial charge in [-0.05, 0) is 6.92 Å². The van der Waals surface area contributed by atoms with Crippen LogP contribution in [-0.2, 0) is 9.68 Å². The molecule has 0 unspecified atom stereocenters. The van der Waals surface area contributed by atoms with Gasteiger partial charge >= 0.3 is 5.97 Å². The molecule has 0 atom stereocenters. The van der Waals surface area contributed by atoms with Gasteiger partial charge in [-0.25, -0.2) is 4.79 Å². The summed E-state index contributed by atoms with van der Waals surface area (Å²) >= 11 is 0. The van der Waals surface area contributed by atoms with Crippen LogP contribution < -0.4 is 0 Å². The van der Waals surface area contributed by atoms with Gasteiger partial charge in [-0.1, -0.05) is 6.58 Å². The first-order chi connectivity index (χ1) is 4.18. The molecule has 52 valence electrons. The number of carbonyl (C=O) groups excluding carboxylic acids is 1. The Morgan fingerprint density at radius 2 is 1.89 bits per heavy atom. The molecule has 0 aliphatic heterocycles. The lowest BCUT2D eigenvalue weighted by Crippen LogP contribution is -1.99. The molecule has 0 bridgehead atoms. The van der Waals surface area contributed by atoms with Crippen molar-refractivity contribution in [2.75, 3.05) is 0 Å². The highest BCUT2D eigenvalue weighted by atomic mass is 17.1. The Labute approximate surface area is 54.2 Å². The zero-order valence-electron chi connectivity index (χ0n) is 5.39. The molecular weight excluding hydrogens is 120 g/mol. The van der Waals surface area contributed by atoms with E-state index >= 15 is 0 Å². The SMILES string of the molecule is C=C.C=C(C)C(=O)OO. The summed E-state index contributed by atoms with van der Waals surface area (Å²) in [5, 5.41) is 7.59. The highest BCUT2D eigenvalue weighted by Crippen LogP contribution is 1.86. The third-order valence-corrected chi connectivity index (χ3v) is 0.431. The summed E-state index contributed by atoms with van der Waals surface area (Å²) in [5.74, 6) is -0.792. The van der Waals surface area contributed by atoms with E-state index in [-0.39, 0.29) is 5.57 Å². The first-order valence-corrected chi connectivity index (χ1v) is 2.19. The van der Waals surface area contributed by atoms with Crippen molar-refractivity contribution in [3.8, 4) is 0 Å². The first-order valence-electron chi connectivity index (χ1n) is 2.19. The molecule has 0 radical (unpaired) electrons. The molecule has 0 aromatic rings. The molecule has 0 spiro atoms. The molecular formula is C6H10O3. The second-order valence-electron chi connectivity index (χ2n) is 1.16. The molecule has 0 heterocycles. The van der Waals surface area contributed by atoms with E-state index < -0.39 is 5.97 Å². The van der Waals surface area contributed by atoms with Gasteiger partial charge < -0.3 is 0 Å². The molecule has 3 heteroatoms. The predicted molar refractivity (Wildman–Crippen MR) is 34.8 cm³/mol. The summed E-state index contributed by atoms with van der Waals surface area (Å²) < 4.78 is 0. The van der Waals surface area contributed by atoms with E-state index in [1.165, 1.54) is 6.92 Å². The average Bonchev–Trinajstić information content (AvgIpc) is 1.91. The second kappa shape index (κ2) is 6.91. The van der Waals surface area contributed by atoms with Crippen LogP contribution in [0.2, 0.25) is 0 Å². The lowest BCUT2D eigenvalue weighted by atomic mass is 10.4. The fraction of sp³-hybridized carbons (Fsp3) is 0.167. The summed E-state index contributed by atoms with van der Waals surface area (Å²) in [7, 11) is 0. The quantitative estimate of drug-likeness (QED) is 0.252. The molecule has 0 saturated heterocycles. The van der Waals surface area contributed by atoms with E-state index in [9.17, 15) is 4.79 Å². The van der Waals surface area contributed by atoms with E-state index in [1.54, 1.807) is 0 Å². The third-order valence-electron chi connectivity index (χ3n) is 0.431. The minimum atomic E-state index is -0.792. The predicted octanol–water partition coefficient (Wildman–Crippen LogP) is 1.38. The van der Waals surface area contributed by atoms with Crippen molar-refractivity contribution in [3.63, 3.8) is 0 Å². The van der Waals surface area contributed by atoms with E-state index in [0.717, 1.165) is 0 Å². The van der Waals surface area contributed by atoms with Crippen LogP contribution in [-0.4, -0.2) is 11.2 Å². The largest absolute Gasteiger partial charge is 0.367 e. The van der Waals surface area contributed by atoms with Crippen LogP contribution in [0.25, 0.3) is 0 Å². The molecule has 0 aromatic carbocycles. The number of hydrogen-bond donors (Lipinski definition) is 1. The van der Waals surface area contributed by atoms with E-state index in [0.29, 0.717) is 0 Å². The topological polar surface area (TPSA) is 46.5 Å². The second-order valence-corrected chi connectivity index (χ2v) is 1.16. The lowest BCUT2D eigenvalue weighted by Gasteiger charge is -1.88. The van der Waals surface area contributed by atoms with Gasteiger partial charge in [-0.2, -0.15) is 5.26 Å². The Morgan fingerprint density at radius 1 is 1.56 bits per heavy atom. The van der Waals surface area contributed by atoms with Crippen LogP contribution in [0.3, 0.4) is 0 Å². The molecule has 1 N–H and O–H groups in total. The summed E-state index contributed by atoms with van der Waals surface area (Å²) in [6.07, 6.45) is 0. The minimum absolute atomic E-state index is 0.183. The van der Waals surface area contributed by atoms with Crippen LogP contribution in [0.5, 0.6) is 0 Å². The maximum absolute atomic E-state index is 9.94. The molecule has 3 nitrogen and oxygen atoms in total. The molecule has 0 fully saturated rings. The van der Waals surface area contributed by atoms with Crippen molar-refractivity contribution >= 4 is 5.97 Å². The molecule has 0 amide bonds. The van der Waals surface area contributed by atoms with Gasteiger partial charge in [0.25, 0.3) is 0 Å². The van der Waals surface area contributed by atoms with Crippen molar-refractivity contribution in [1.29, 1.82) is 0 Å². The molecule has 0 aliphatic carbocycles. The fourth-order valence-corrected chi connectivity index (χ4v) is 0.0779. The van der Waals surface area contributed by atoms with Crippen molar-refractivity contribution in [2.24, 2.45) is 0 Å². The van der Waals surface area contributed by atoms with Gasteiger partial charge in [0.1, 0.15) is 0 Å². The fourth-order valence-electron chi connectivity index (χ4n) is 0.0779. The van der Waals surface area contributed by atoms with Gasteiger partial charge in [0.15, 0.2) is 0 Å². The van der Waals surface area contributed by atoms with Crippen LogP contribution in [0.1, 0.15) is 6.92 Å². The summed E-state index contributed by atoms with van der Waals surface area (Å²) in [6, 6.07) is 0. The van der Waals surface area contributed by atoms with E-state index in [4.69, 9.17) is 5.26 Å². The maximum atomic E-state index is 9.94. The third kappa shape index (κ3) is 6.91. The molecule has 0 saturated carbocycles. The lowest BCUT2D eigenvalue weighted by molar-refractivity contribution is -0.229. The van der Waals surface area contributed by atoms with Gasteiger partial charge in [-0.3, -0.25) is 4.89 Å². The van der Waals surface area contributed by atoms with Crippen molar-refractivity contribution in [2.45, 2.75) is 6.92 Å². The summed E-state index contributed by atoms with van der Waals surface area (Å²) in [4.78, 5) is 13.2. The highest BCUT2D eigenvalue weighted by molar-refractivity contribution is 5.86. The van der Waals surface area contributed by atoms with Crippen LogP contribution in [0.4, 0.5) is 0 Å². The Kier molecular flexibility index (Phi) is 8.30. The van der Waals surface area contributed by atoms with Gasteiger partial charge in [0.2, 0.25) is 0 Å². The summed E-state index contributed by atoms with van der Waals surface area (Å²) in [5.41, 5.74) is 0.183. The Bertz CT molecular complexity index is 107. The summed E-state index contributed by atoms with van der Waals surface area (Å²) in [6.45, 7) is 10.6. The monoisotopic (exact) mass is 130 g/mol. The molecule has 9 heavy (non-hydrogen) atoms. The average molecular weight is 130 g/mol. The van der Waals surface area contributed by atoms with Crippen molar-refractivity contribution in [3.05, 3.63) is 25.3 Å². The Morgan fingerprint density at radius 3 is 1.89 bits per heavy atom. The van der Waals surface area contributed by atoms with Gasteiger partial charge in [-0.15, -0.1) is 13.2 Å². The number of carbonyl (C=O) groups is 1. The van der Waals surface area contributed by atoms with E-state index in [2.05, 4.69) is 24.6 Å². The zero-order valence-corrected chi connectivity index (χ0v) is 5.39. The van der Waals surface area contributed by atoms with Crippen molar-refractivity contribution in [1.82, 2.24) is 0 Å². The molecule has 0 aromatic heterocycles. The molecule has 0 aliphatic rings. The highest BCUT2D eigenvalue weighted by Gasteiger charge is 1.98. The van der Waals surface area contributed by atoms with Crippen LogP contribution in [0, 0.1) is 0 Å². The van der Waals surface area contributed by atoms with Crippen LogP contribution >= 0.6 is 0 Å².